The standard InChI is InChI=1S/C23H26N6S/c1-18-14-20(21(16-24)17-25)15-19(2)29(18)13-10-27-8-11-28(12-9-27)23(30)26-22-6-4-3-5-7-22/h3-7,14-15H,8-13H2,1-2H3,(H,26,30)/p+1. The molecule has 30 heavy (non-hydrogen) atoms. The zero-order chi connectivity index (χ0) is 21.5. The Hall–Kier alpha value is -3.13. The third-order valence-electron chi connectivity index (χ3n) is 5.56. The summed E-state index contributed by atoms with van der Waals surface area (Å²) in [5.41, 5.74) is 4.02. The lowest BCUT2D eigenvalue weighted by molar-refractivity contribution is -0.903. The largest absolute Gasteiger partial charge is 0.344 e. The minimum atomic E-state index is 0.162. The number of anilines is 1. The number of thiocarbonyl (C=S) groups is 1. The molecular weight excluding hydrogens is 392 g/mol. The Balaban J connectivity index is 1.49. The molecule has 2 aliphatic heterocycles. The predicted octanol–water partition coefficient (Wildman–Crippen LogP) is 2.05. The molecule has 0 aliphatic carbocycles. The highest BCUT2D eigenvalue weighted by atomic mass is 32.1. The van der Waals surface area contributed by atoms with E-state index in [1.807, 2.05) is 68.5 Å². The van der Waals surface area contributed by atoms with Gasteiger partial charge in [-0.2, -0.15) is 10.5 Å². The molecule has 0 aromatic heterocycles. The van der Waals surface area contributed by atoms with E-state index in [-0.39, 0.29) is 5.57 Å². The van der Waals surface area contributed by atoms with Gasteiger partial charge in [-0.3, -0.25) is 0 Å². The van der Waals surface area contributed by atoms with Gasteiger partial charge in [0.15, 0.2) is 5.11 Å². The van der Waals surface area contributed by atoms with E-state index >= 15 is 0 Å². The molecule has 0 bridgehead atoms. The lowest BCUT2D eigenvalue weighted by Gasteiger charge is -2.36. The Morgan fingerprint density at radius 1 is 1.07 bits per heavy atom. The number of benzene rings is 1. The molecule has 1 aromatic carbocycles. The number of allylic oxidation sites excluding steroid dienone is 6. The third-order valence-corrected chi connectivity index (χ3v) is 5.92. The van der Waals surface area contributed by atoms with Crippen LogP contribution in [0.4, 0.5) is 5.69 Å². The van der Waals surface area contributed by atoms with E-state index in [1.165, 1.54) is 0 Å². The first-order valence-corrected chi connectivity index (χ1v) is 10.6. The summed E-state index contributed by atoms with van der Waals surface area (Å²) in [6, 6.07) is 14.0. The van der Waals surface area contributed by atoms with Crippen LogP contribution in [-0.4, -0.2) is 54.2 Å². The van der Waals surface area contributed by atoms with Crippen LogP contribution in [0.5, 0.6) is 0 Å². The number of nitriles is 2. The first-order valence-electron chi connectivity index (χ1n) is 10.1. The van der Waals surface area contributed by atoms with Gasteiger partial charge in [-0.05, 0) is 50.4 Å². The monoisotopic (exact) mass is 419 g/mol. The molecule has 6 nitrogen and oxygen atoms in total. The van der Waals surface area contributed by atoms with E-state index in [9.17, 15) is 0 Å². The van der Waals surface area contributed by atoms with Crippen LogP contribution in [0.2, 0.25) is 0 Å². The first kappa shape index (κ1) is 21.6. The quantitative estimate of drug-likeness (QED) is 0.575. The van der Waals surface area contributed by atoms with Crippen molar-refractivity contribution in [3.8, 4) is 12.1 Å². The maximum Gasteiger partial charge on any atom is 0.173 e. The van der Waals surface area contributed by atoms with Gasteiger partial charge in [0.2, 0.25) is 0 Å². The molecule has 0 unspecified atom stereocenters. The predicted molar refractivity (Wildman–Crippen MR) is 122 cm³/mol. The molecule has 2 aliphatic rings. The number of quaternary nitrogens is 1. The fourth-order valence-corrected chi connectivity index (χ4v) is 4.15. The molecule has 0 spiro atoms. The summed E-state index contributed by atoms with van der Waals surface area (Å²) >= 11 is 5.58. The second-order valence-electron chi connectivity index (χ2n) is 7.56. The Morgan fingerprint density at radius 2 is 1.67 bits per heavy atom. The van der Waals surface area contributed by atoms with Gasteiger partial charge < -0.3 is 20.0 Å². The van der Waals surface area contributed by atoms with Gasteiger partial charge >= 0.3 is 0 Å². The SMILES string of the molecule is CC1=CC(=C(C#N)C#N)C=C(C)N1CC[NH+]1CCN(C(=S)Nc2ccccc2)CC1. The van der Waals surface area contributed by atoms with Gasteiger partial charge in [-0.25, -0.2) is 0 Å². The molecule has 1 aromatic rings. The van der Waals surface area contributed by atoms with E-state index in [1.54, 1.807) is 4.90 Å². The molecular formula is C23H27N6S+. The van der Waals surface area contributed by atoms with Crippen LogP contribution in [0, 0.1) is 22.7 Å². The molecule has 0 radical (unpaired) electrons. The molecule has 0 atom stereocenters. The highest BCUT2D eigenvalue weighted by Gasteiger charge is 2.23. The van der Waals surface area contributed by atoms with Gasteiger partial charge in [0.05, 0.1) is 39.3 Å². The van der Waals surface area contributed by atoms with Crippen molar-refractivity contribution in [1.29, 1.82) is 10.5 Å². The van der Waals surface area contributed by atoms with Crippen molar-refractivity contribution in [2.75, 3.05) is 44.6 Å². The minimum absolute atomic E-state index is 0.162. The van der Waals surface area contributed by atoms with Crippen LogP contribution >= 0.6 is 12.2 Å². The summed E-state index contributed by atoms with van der Waals surface area (Å²) in [6.07, 6.45) is 3.85. The molecule has 2 N–H and O–H groups in total. The van der Waals surface area contributed by atoms with Crippen molar-refractivity contribution in [3.05, 3.63) is 65.0 Å². The summed E-state index contributed by atoms with van der Waals surface area (Å²) in [5, 5.41) is 22.3. The van der Waals surface area contributed by atoms with Crippen molar-refractivity contribution in [1.82, 2.24) is 9.80 Å². The van der Waals surface area contributed by atoms with E-state index in [4.69, 9.17) is 22.7 Å². The molecule has 1 fully saturated rings. The second kappa shape index (κ2) is 10.1. The van der Waals surface area contributed by atoms with E-state index in [2.05, 4.69) is 15.1 Å². The summed E-state index contributed by atoms with van der Waals surface area (Å²) in [6.45, 7) is 9.99. The number of hydrogen-bond acceptors (Lipinski definition) is 4. The van der Waals surface area contributed by atoms with E-state index in [0.717, 1.165) is 61.5 Å². The van der Waals surface area contributed by atoms with Crippen molar-refractivity contribution < 1.29 is 4.90 Å². The van der Waals surface area contributed by atoms with Gasteiger partial charge in [0, 0.05) is 22.7 Å². The number of nitrogens with one attached hydrogen (secondary N) is 2. The number of hydrogen-bond donors (Lipinski definition) is 2. The minimum Gasteiger partial charge on any atom is -0.344 e. The lowest BCUT2D eigenvalue weighted by Crippen LogP contribution is -3.15. The van der Waals surface area contributed by atoms with Crippen molar-refractivity contribution in [3.63, 3.8) is 0 Å². The Labute approximate surface area is 184 Å². The van der Waals surface area contributed by atoms with Crippen molar-refractivity contribution >= 4 is 23.0 Å². The fraction of sp³-hybridized carbons (Fsp3) is 0.348. The normalized spacial score (nSPS) is 16.9. The Bertz CT molecular complexity index is 918. The van der Waals surface area contributed by atoms with Gasteiger partial charge in [0.1, 0.15) is 17.7 Å². The molecule has 1 saturated heterocycles. The second-order valence-corrected chi connectivity index (χ2v) is 7.95. The zero-order valence-electron chi connectivity index (χ0n) is 17.5. The average molecular weight is 420 g/mol. The van der Waals surface area contributed by atoms with Gasteiger partial charge in [0.25, 0.3) is 0 Å². The van der Waals surface area contributed by atoms with Crippen molar-refractivity contribution in [2.45, 2.75) is 13.8 Å². The van der Waals surface area contributed by atoms with Gasteiger partial charge in [-0.15, -0.1) is 0 Å². The van der Waals surface area contributed by atoms with Crippen LogP contribution in [0.15, 0.2) is 65.0 Å². The van der Waals surface area contributed by atoms with Crippen molar-refractivity contribution in [2.24, 2.45) is 0 Å². The average Bonchev–Trinajstić information content (AvgIpc) is 2.75. The van der Waals surface area contributed by atoms with Crippen LogP contribution in [-0.2, 0) is 0 Å². The topological polar surface area (TPSA) is 70.5 Å². The van der Waals surface area contributed by atoms with Crippen LogP contribution in [0.1, 0.15) is 13.8 Å². The highest BCUT2D eigenvalue weighted by molar-refractivity contribution is 7.80. The number of nitrogens with zero attached hydrogens (tertiary/aromatic N) is 4. The van der Waals surface area contributed by atoms with E-state index in [0.29, 0.717) is 5.57 Å². The van der Waals surface area contributed by atoms with Crippen LogP contribution < -0.4 is 10.2 Å². The number of rotatable bonds is 4. The molecule has 0 amide bonds. The highest BCUT2D eigenvalue weighted by Crippen LogP contribution is 2.23. The summed E-state index contributed by atoms with van der Waals surface area (Å²) in [5.74, 6) is 0. The molecule has 154 valence electrons. The maximum absolute atomic E-state index is 9.11. The van der Waals surface area contributed by atoms with Crippen LogP contribution in [0.3, 0.4) is 0 Å². The number of piperazine rings is 1. The van der Waals surface area contributed by atoms with Crippen LogP contribution in [0.25, 0.3) is 0 Å². The van der Waals surface area contributed by atoms with Gasteiger partial charge in [-0.1, -0.05) is 18.2 Å². The maximum atomic E-state index is 9.11. The smallest absolute Gasteiger partial charge is 0.173 e. The summed E-state index contributed by atoms with van der Waals surface area (Å²) in [4.78, 5) is 6.06. The summed E-state index contributed by atoms with van der Waals surface area (Å²) in [7, 11) is 0. The third kappa shape index (κ3) is 5.27. The molecule has 7 heteroatoms. The Kier molecular flexibility index (Phi) is 7.24. The molecule has 0 saturated carbocycles. The Morgan fingerprint density at radius 3 is 2.23 bits per heavy atom. The molecule has 2 heterocycles. The zero-order valence-corrected chi connectivity index (χ0v) is 18.3. The molecule has 3 rings (SSSR count). The fourth-order valence-electron chi connectivity index (χ4n) is 3.85. The first-order chi connectivity index (χ1) is 14.5. The van der Waals surface area contributed by atoms with E-state index < -0.39 is 0 Å². The lowest BCUT2D eigenvalue weighted by atomic mass is 10.0. The number of para-hydroxylation sites is 1. The summed E-state index contributed by atoms with van der Waals surface area (Å²) < 4.78 is 0.